The molecule has 3 aromatic rings. The second kappa shape index (κ2) is 9.41. The van der Waals surface area contributed by atoms with E-state index in [1.54, 1.807) is 14.2 Å². The molecule has 1 aliphatic carbocycles. The third-order valence-corrected chi connectivity index (χ3v) is 7.64. The van der Waals surface area contributed by atoms with E-state index in [0.717, 1.165) is 60.8 Å². The molecule has 6 heteroatoms. The van der Waals surface area contributed by atoms with Crippen molar-refractivity contribution in [2.75, 3.05) is 57.3 Å². The van der Waals surface area contributed by atoms with Gasteiger partial charge in [-0.3, -0.25) is 0 Å². The molecule has 1 aromatic heterocycles. The van der Waals surface area contributed by atoms with Crippen molar-refractivity contribution in [2.45, 2.75) is 43.9 Å². The molecule has 2 fully saturated rings. The van der Waals surface area contributed by atoms with Crippen molar-refractivity contribution in [1.82, 2.24) is 9.97 Å². The largest absolute Gasteiger partial charge is 0.496 e. The number of para-hydroxylation sites is 1. The highest BCUT2D eigenvalue weighted by molar-refractivity contribution is 6.00. The number of anilines is 2. The van der Waals surface area contributed by atoms with E-state index < -0.39 is 0 Å². The number of ether oxygens (including phenoxy) is 2. The van der Waals surface area contributed by atoms with Gasteiger partial charge in [0, 0.05) is 44.9 Å². The van der Waals surface area contributed by atoms with Crippen molar-refractivity contribution in [3.63, 3.8) is 0 Å². The Morgan fingerprint density at radius 2 is 1.79 bits per heavy atom. The lowest BCUT2D eigenvalue weighted by atomic mass is 9.88. The minimum atomic E-state index is 0.122. The zero-order valence-corrected chi connectivity index (χ0v) is 20.9. The summed E-state index contributed by atoms with van der Waals surface area (Å²) in [5.41, 5.74) is 3.66. The van der Waals surface area contributed by atoms with Gasteiger partial charge in [-0.2, -0.15) is 0 Å². The number of hydrogen-bond acceptors (Lipinski definition) is 6. The first-order chi connectivity index (χ1) is 16.5. The maximum Gasteiger partial charge on any atom is 0.142 e. The molecule has 0 atom stereocenters. The summed E-state index contributed by atoms with van der Waals surface area (Å²) < 4.78 is 11.0. The van der Waals surface area contributed by atoms with Crippen LogP contribution in [0.1, 0.15) is 49.9 Å². The van der Waals surface area contributed by atoms with E-state index in [9.17, 15) is 0 Å². The molecule has 1 saturated carbocycles. The van der Waals surface area contributed by atoms with Gasteiger partial charge in [0.1, 0.15) is 17.4 Å². The second-order valence-electron chi connectivity index (χ2n) is 10.0. The maximum atomic E-state index is 5.65. The van der Waals surface area contributed by atoms with Gasteiger partial charge in [-0.25, -0.2) is 9.97 Å². The fourth-order valence-electron chi connectivity index (χ4n) is 5.13. The van der Waals surface area contributed by atoms with Crippen molar-refractivity contribution in [1.29, 1.82) is 0 Å². The normalized spacial score (nSPS) is 17.7. The second-order valence-corrected chi connectivity index (χ2v) is 10.0. The number of likely N-dealkylation sites (N-methyl/N-ethyl adjacent to an activating group) is 1. The molecule has 0 unspecified atom stereocenters. The summed E-state index contributed by atoms with van der Waals surface area (Å²) in [5, 5.41) is 1.16. The molecule has 6 nitrogen and oxygen atoms in total. The number of aromatic nitrogens is 2. The van der Waals surface area contributed by atoms with Gasteiger partial charge in [0.2, 0.25) is 0 Å². The van der Waals surface area contributed by atoms with E-state index in [1.807, 2.05) is 6.07 Å². The molecule has 1 saturated heterocycles. The van der Waals surface area contributed by atoms with E-state index in [-0.39, 0.29) is 5.41 Å². The van der Waals surface area contributed by atoms with Gasteiger partial charge in [0.25, 0.3) is 0 Å². The number of piperidine rings is 1. The Labute approximate surface area is 202 Å². The molecule has 34 heavy (non-hydrogen) atoms. The fraction of sp³-hybridized carbons (Fsp3) is 0.500. The van der Waals surface area contributed by atoms with Gasteiger partial charge in [0.05, 0.1) is 24.6 Å². The van der Waals surface area contributed by atoms with Gasteiger partial charge in [-0.15, -0.1) is 0 Å². The standard InChI is InChI=1S/C28H36N4O2/c1-28(14-15-28)27-29-22-9-7-10-23(31(2)18-19-33-3)25(22)26(30-27)32-16-12-20(13-17-32)21-8-5-6-11-24(21)34-4/h5-11,20H,12-19H2,1-4H3. The van der Waals surface area contributed by atoms with Gasteiger partial charge in [-0.05, 0) is 55.4 Å². The first-order valence-electron chi connectivity index (χ1n) is 12.4. The molecule has 1 aliphatic heterocycles. The molecule has 180 valence electrons. The predicted octanol–water partition coefficient (Wildman–Crippen LogP) is 5.16. The number of nitrogens with zero attached hydrogens (tertiary/aromatic N) is 4. The Kier molecular flexibility index (Phi) is 6.34. The first-order valence-corrected chi connectivity index (χ1v) is 12.4. The topological polar surface area (TPSA) is 50.7 Å². The molecule has 0 spiro atoms. The van der Waals surface area contributed by atoms with Gasteiger partial charge < -0.3 is 19.3 Å². The molecule has 0 N–H and O–H groups in total. The van der Waals surface area contributed by atoms with E-state index in [2.05, 4.69) is 60.2 Å². The Hall–Kier alpha value is -2.86. The number of hydrogen-bond donors (Lipinski definition) is 0. The van der Waals surface area contributed by atoms with Crippen LogP contribution in [-0.4, -0.2) is 57.5 Å². The monoisotopic (exact) mass is 460 g/mol. The summed E-state index contributed by atoms with van der Waals surface area (Å²) in [5.74, 6) is 3.59. The summed E-state index contributed by atoms with van der Waals surface area (Å²) in [6, 6.07) is 14.9. The summed E-state index contributed by atoms with van der Waals surface area (Å²) in [6.45, 7) is 5.75. The highest BCUT2D eigenvalue weighted by atomic mass is 16.5. The van der Waals surface area contributed by atoms with Gasteiger partial charge >= 0.3 is 0 Å². The minimum Gasteiger partial charge on any atom is -0.496 e. The summed E-state index contributed by atoms with van der Waals surface area (Å²) in [4.78, 5) is 15.1. The van der Waals surface area contributed by atoms with Crippen LogP contribution in [0.25, 0.3) is 10.9 Å². The molecule has 2 aromatic carbocycles. The molecule has 0 radical (unpaired) electrons. The average Bonchev–Trinajstić information content (AvgIpc) is 3.64. The van der Waals surface area contributed by atoms with Crippen LogP contribution in [0.15, 0.2) is 42.5 Å². The van der Waals surface area contributed by atoms with Crippen LogP contribution >= 0.6 is 0 Å². The Balaban J connectivity index is 1.50. The van der Waals surface area contributed by atoms with Crippen LogP contribution in [0.4, 0.5) is 11.5 Å². The smallest absolute Gasteiger partial charge is 0.142 e. The number of fused-ring (bicyclic) bond motifs is 1. The number of benzene rings is 2. The maximum absolute atomic E-state index is 5.65. The third kappa shape index (κ3) is 4.31. The lowest BCUT2D eigenvalue weighted by Gasteiger charge is -2.35. The average molecular weight is 461 g/mol. The van der Waals surface area contributed by atoms with Crippen LogP contribution in [-0.2, 0) is 10.2 Å². The minimum absolute atomic E-state index is 0.122. The number of rotatable bonds is 8. The third-order valence-electron chi connectivity index (χ3n) is 7.64. The predicted molar refractivity (Wildman–Crippen MR) is 138 cm³/mol. The first kappa shape index (κ1) is 22.9. The van der Waals surface area contributed by atoms with Crippen molar-refractivity contribution in [2.24, 2.45) is 0 Å². The summed E-state index contributed by atoms with van der Waals surface area (Å²) >= 11 is 0. The highest BCUT2D eigenvalue weighted by Crippen LogP contribution is 2.48. The Morgan fingerprint density at radius 1 is 1.03 bits per heavy atom. The molecule has 0 amide bonds. The highest BCUT2D eigenvalue weighted by Gasteiger charge is 2.43. The van der Waals surface area contributed by atoms with Crippen LogP contribution in [0, 0.1) is 0 Å². The Morgan fingerprint density at radius 3 is 2.50 bits per heavy atom. The summed E-state index contributed by atoms with van der Waals surface area (Å²) in [7, 11) is 5.64. The number of methoxy groups -OCH3 is 2. The fourth-order valence-corrected chi connectivity index (χ4v) is 5.13. The summed E-state index contributed by atoms with van der Waals surface area (Å²) in [6.07, 6.45) is 4.50. The zero-order chi connectivity index (χ0) is 23.7. The van der Waals surface area contributed by atoms with E-state index in [1.165, 1.54) is 24.1 Å². The van der Waals surface area contributed by atoms with Gasteiger partial charge in [0.15, 0.2) is 0 Å². The van der Waals surface area contributed by atoms with Crippen LogP contribution in [0.3, 0.4) is 0 Å². The lowest BCUT2D eigenvalue weighted by molar-refractivity contribution is 0.206. The van der Waals surface area contributed by atoms with E-state index in [4.69, 9.17) is 19.4 Å². The van der Waals surface area contributed by atoms with Crippen LogP contribution < -0.4 is 14.5 Å². The molecule has 2 heterocycles. The van der Waals surface area contributed by atoms with E-state index in [0.29, 0.717) is 12.5 Å². The van der Waals surface area contributed by atoms with E-state index >= 15 is 0 Å². The SMILES string of the molecule is COCCN(C)c1cccc2nc(C3(C)CC3)nc(N3CCC(c4ccccc4OC)CC3)c12. The van der Waals surface area contributed by atoms with Crippen molar-refractivity contribution < 1.29 is 9.47 Å². The zero-order valence-electron chi connectivity index (χ0n) is 20.9. The molecular weight excluding hydrogens is 424 g/mol. The molecule has 2 aliphatic rings. The van der Waals surface area contributed by atoms with Crippen molar-refractivity contribution in [3.05, 3.63) is 53.9 Å². The molecule has 5 rings (SSSR count). The quantitative estimate of drug-likeness (QED) is 0.463. The lowest BCUT2D eigenvalue weighted by Crippen LogP contribution is -2.34. The molecule has 0 bridgehead atoms. The molecular formula is C28H36N4O2. The van der Waals surface area contributed by atoms with Crippen molar-refractivity contribution in [3.8, 4) is 5.75 Å². The van der Waals surface area contributed by atoms with Gasteiger partial charge in [-0.1, -0.05) is 31.2 Å². The van der Waals surface area contributed by atoms with Crippen LogP contribution in [0.2, 0.25) is 0 Å². The van der Waals surface area contributed by atoms with Crippen LogP contribution in [0.5, 0.6) is 5.75 Å². The van der Waals surface area contributed by atoms with Crippen molar-refractivity contribution >= 4 is 22.4 Å². The Bertz CT molecular complexity index is 1150.